The highest BCUT2D eigenvalue weighted by Gasteiger charge is 2.29. The zero-order valence-electron chi connectivity index (χ0n) is 18.2. The summed E-state index contributed by atoms with van der Waals surface area (Å²) in [5.41, 5.74) is 4.20. The van der Waals surface area contributed by atoms with Gasteiger partial charge >= 0.3 is 0 Å². The van der Waals surface area contributed by atoms with E-state index in [0.29, 0.717) is 17.9 Å². The molecule has 0 aliphatic heterocycles. The molecule has 2 atom stereocenters. The van der Waals surface area contributed by atoms with E-state index in [-0.39, 0.29) is 18.0 Å². The van der Waals surface area contributed by atoms with Crippen LogP contribution < -0.4 is 14.8 Å². The van der Waals surface area contributed by atoms with Crippen LogP contribution in [0.2, 0.25) is 0 Å². The second-order valence-corrected chi connectivity index (χ2v) is 7.80. The van der Waals surface area contributed by atoms with Gasteiger partial charge in [-0.1, -0.05) is 42.5 Å². The number of amides is 1. The fourth-order valence-corrected chi connectivity index (χ4v) is 4.21. The number of ether oxygens (including phenoxy) is 2. The van der Waals surface area contributed by atoms with Crippen molar-refractivity contribution in [2.24, 2.45) is 0 Å². The number of aromatic nitrogens is 3. The topological polar surface area (TPSA) is 78.3 Å². The molecule has 4 rings (SSSR count). The van der Waals surface area contributed by atoms with Gasteiger partial charge in [-0.15, -0.1) is 5.10 Å². The smallest absolute Gasteiger partial charge is 0.219 e. The maximum Gasteiger partial charge on any atom is 0.219 e. The maximum atomic E-state index is 11.7. The van der Waals surface area contributed by atoms with Crippen molar-refractivity contribution in [2.45, 2.75) is 44.7 Å². The molecule has 0 saturated heterocycles. The first-order chi connectivity index (χ1) is 15.1. The predicted octanol–water partition coefficient (Wildman–Crippen LogP) is 4.25. The fourth-order valence-electron chi connectivity index (χ4n) is 4.21. The molecule has 2 aromatic carbocycles. The fraction of sp³-hybridized carbons (Fsp3) is 0.375. The first kappa shape index (κ1) is 20.9. The number of methoxy groups -OCH3 is 2. The second-order valence-electron chi connectivity index (χ2n) is 7.80. The summed E-state index contributed by atoms with van der Waals surface area (Å²) < 4.78 is 12.8. The summed E-state index contributed by atoms with van der Waals surface area (Å²) in [6, 6.07) is 14.7. The molecule has 1 fully saturated rings. The van der Waals surface area contributed by atoms with E-state index < -0.39 is 0 Å². The highest BCUT2D eigenvalue weighted by atomic mass is 16.5. The molecule has 1 amide bonds. The molecule has 1 saturated carbocycles. The van der Waals surface area contributed by atoms with E-state index in [0.717, 1.165) is 41.6 Å². The Balaban J connectivity index is 1.52. The van der Waals surface area contributed by atoms with Crippen LogP contribution in [0, 0.1) is 0 Å². The third-order valence-corrected chi connectivity index (χ3v) is 5.91. The number of hydrogen-bond donors (Lipinski definition) is 1. The van der Waals surface area contributed by atoms with Crippen molar-refractivity contribution < 1.29 is 14.3 Å². The van der Waals surface area contributed by atoms with Crippen molar-refractivity contribution in [3.8, 4) is 33.9 Å². The van der Waals surface area contributed by atoms with Gasteiger partial charge in [0.1, 0.15) is 0 Å². The van der Waals surface area contributed by atoms with Gasteiger partial charge in [0, 0.05) is 18.0 Å². The van der Waals surface area contributed by atoms with Crippen LogP contribution in [0.1, 0.15) is 38.6 Å². The number of benzene rings is 2. The quantitative estimate of drug-likeness (QED) is 0.618. The van der Waals surface area contributed by atoms with Crippen LogP contribution in [0.5, 0.6) is 11.5 Å². The number of rotatable bonds is 7. The number of nitrogens with zero attached hydrogens (tertiary/aromatic N) is 3. The van der Waals surface area contributed by atoms with E-state index in [1.54, 1.807) is 14.2 Å². The molecule has 1 heterocycles. The van der Waals surface area contributed by atoms with E-state index in [1.807, 2.05) is 36.0 Å². The van der Waals surface area contributed by atoms with Crippen LogP contribution in [-0.2, 0) is 4.79 Å². The van der Waals surface area contributed by atoms with Crippen molar-refractivity contribution in [3.63, 3.8) is 0 Å². The van der Waals surface area contributed by atoms with Crippen molar-refractivity contribution >= 4 is 5.91 Å². The van der Waals surface area contributed by atoms with E-state index in [4.69, 9.17) is 9.47 Å². The zero-order chi connectivity index (χ0) is 21.8. The van der Waals surface area contributed by atoms with Gasteiger partial charge in [-0.2, -0.15) is 0 Å². The van der Waals surface area contributed by atoms with E-state index in [1.165, 1.54) is 0 Å². The van der Waals surface area contributed by atoms with Crippen molar-refractivity contribution in [2.75, 3.05) is 14.2 Å². The standard InChI is InChI=1S/C24H28N4O3/c1-4-24(29)26-19-10-11-20(14-19)28-21(15-25-27-28)17-7-5-16(6-8-17)18-9-12-22(30-2)23(13-18)31-3/h5-9,12-13,15,19-20H,4,10-11,14H2,1-3H3,(H,26,29)/t19-,20+/m0/s1. The van der Waals surface area contributed by atoms with Gasteiger partial charge in [-0.25, -0.2) is 4.68 Å². The number of hydrogen-bond acceptors (Lipinski definition) is 5. The Kier molecular flexibility index (Phi) is 6.21. The number of carbonyl (C=O) groups excluding carboxylic acids is 1. The van der Waals surface area contributed by atoms with Gasteiger partial charge in [-0.05, 0) is 42.5 Å². The molecule has 162 valence electrons. The summed E-state index contributed by atoms with van der Waals surface area (Å²) in [6.45, 7) is 1.88. The highest BCUT2D eigenvalue weighted by molar-refractivity contribution is 5.76. The lowest BCUT2D eigenvalue weighted by atomic mass is 10.0. The average molecular weight is 421 g/mol. The molecule has 1 N–H and O–H groups in total. The molecule has 7 nitrogen and oxygen atoms in total. The normalized spacial score (nSPS) is 18.0. The maximum absolute atomic E-state index is 11.7. The van der Waals surface area contributed by atoms with Crippen LogP contribution in [0.4, 0.5) is 0 Å². The minimum Gasteiger partial charge on any atom is -0.493 e. The summed E-state index contributed by atoms with van der Waals surface area (Å²) >= 11 is 0. The molecule has 3 aromatic rings. The third-order valence-electron chi connectivity index (χ3n) is 5.91. The van der Waals surface area contributed by atoms with Crippen LogP contribution in [0.3, 0.4) is 0 Å². The molecule has 31 heavy (non-hydrogen) atoms. The summed E-state index contributed by atoms with van der Waals surface area (Å²) in [7, 11) is 3.27. The molecule has 1 aliphatic carbocycles. The SMILES string of the molecule is CCC(=O)N[C@H]1CC[C@@H](n2nncc2-c2ccc(-c3ccc(OC)c(OC)c3)cc2)C1. The Hall–Kier alpha value is -3.35. The lowest BCUT2D eigenvalue weighted by Gasteiger charge is -2.15. The Morgan fingerprint density at radius 2 is 1.74 bits per heavy atom. The zero-order valence-corrected chi connectivity index (χ0v) is 18.2. The largest absolute Gasteiger partial charge is 0.493 e. The lowest BCUT2D eigenvalue weighted by Crippen LogP contribution is -2.32. The van der Waals surface area contributed by atoms with Gasteiger partial charge in [0.2, 0.25) is 5.91 Å². The molecule has 0 spiro atoms. The van der Waals surface area contributed by atoms with Crippen LogP contribution in [0.15, 0.2) is 48.7 Å². The van der Waals surface area contributed by atoms with Crippen molar-refractivity contribution in [3.05, 3.63) is 48.7 Å². The number of carbonyl (C=O) groups is 1. The van der Waals surface area contributed by atoms with Gasteiger partial charge in [-0.3, -0.25) is 4.79 Å². The monoisotopic (exact) mass is 420 g/mol. The predicted molar refractivity (Wildman–Crippen MR) is 119 cm³/mol. The lowest BCUT2D eigenvalue weighted by molar-refractivity contribution is -0.121. The molecule has 0 unspecified atom stereocenters. The summed E-state index contributed by atoms with van der Waals surface area (Å²) in [6.07, 6.45) is 5.15. The average Bonchev–Trinajstić information content (AvgIpc) is 3.48. The van der Waals surface area contributed by atoms with Gasteiger partial charge in [0.25, 0.3) is 0 Å². The molecule has 0 radical (unpaired) electrons. The Bertz CT molecular complexity index is 1050. The van der Waals surface area contributed by atoms with E-state index in [2.05, 4.69) is 39.9 Å². The summed E-state index contributed by atoms with van der Waals surface area (Å²) in [4.78, 5) is 11.7. The molecule has 1 aromatic heterocycles. The third kappa shape index (κ3) is 4.40. The summed E-state index contributed by atoms with van der Waals surface area (Å²) in [5, 5.41) is 11.6. The molecule has 7 heteroatoms. The van der Waals surface area contributed by atoms with Gasteiger partial charge in [0.15, 0.2) is 11.5 Å². The molecule has 0 bridgehead atoms. The second kappa shape index (κ2) is 9.20. The Morgan fingerprint density at radius 3 is 2.45 bits per heavy atom. The van der Waals surface area contributed by atoms with Crippen molar-refractivity contribution in [1.29, 1.82) is 0 Å². The number of nitrogens with one attached hydrogen (secondary N) is 1. The molecule has 1 aliphatic rings. The van der Waals surface area contributed by atoms with Gasteiger partial charge in [0.05, 0.1) is 32.2 Å². The Morgan fingerprint density at radius 1 is 1.03 bits per heavy atom. The van der Waals surface area contributed by atoms with Crippen LogP contribution in [0.25, 0.3) is 22.4 Å². The molecular weight excluding hydrogens is 392 g/mol. The Labute approximate surface area is 182 Å². The first-order valence-electron chi connectivity index (χ1n) is 10.6. The van der Waals surface area contributed by atoms with Crippen LogP contribution in [-0.4, -0.2) is 41.2 Å². The van der Waals surface area contributed by atoms with Crippen LogP contribution >= 0.6 is 0 Å². The first-order valence-corrected chi connectivity index (χ1v) is 10.6. The molecular formula is C24H28N4O3. The highest BCUT2D eigenvalue weighted by Crippen LogP contribution is 2.35. The van der Waals surface area contributed by atoms with E-state index in [9.17, 15) is 4.79 Å². The van der Waals surface area contributed by atoms with Crippen molar-refractivity contribution in [1.82, 2.24) is 20.3 Å². The van der Waals surface area contributed by atoms with E-state index >= 15 is 0 Å². The summed E-state index contributed by atoms with van der Waals surface area (Å²) in [5.74, 6) is 1.52. The minimum absolute atomic E-state index is 0.107. The minimum atomic E-state index is 0.107. The van der Waals surface area contributed by atoms with Gasteiger partial charge < -0.3 is 14.8 Å².